The van der Waals surface area contributed by atoms with Crippen LogP contribution in [0.3, 0.4) is 0 Å². The Morgan fingerprint density at radius 2 is 1.76 bits per heavy atom. The molecule has 1 unspecified atom stereocenters. The van der Waals surface area contributed by atoms with E-state index < -0.39 is 7.82 Å². The number of benzene rings is 1. The van der Waals surface area contributed by atoms with Gasteiger partial charge in [0.2, 0.25) is 0 Å². The second-order valence-corrected chi connectivity index (χ2v) is 8.19. The Morgan fingerprint density at radius 1 is 1.08 bits per heavy atom. The first-order chi connectivity index (χ1) is 11.7. The molecule has 7 nitrogen and oxygen atoms in total. The van der Waals surface area contributed by atoms with Gasteiger partial charge in [0.15, 0.2) is 11.5 Å². The molecule has 1 aromatic rings. The smallest absolute Gasteiger partial charge is 0.268 e. The third kappa shape index (κ3) is 9.23. The Morgan fingerprint density at radius 3 is 2.40 bits per heavy atom. The number of aromatic hydroxyl groups is 2. The number of unbranched alkanes of at least 4 members (excludes halogenated alkanes) is 1. The molecule has 0 aliphatic rings. The molecule has 25 heavy (non-hydrogen) atoms. The number of phenolic OH excluding ortho intramolecular Hbond substituents is 2. The molecule has 2 N–H and O–H groups in total. The average Bonchev–Trinajstić information content (AvgIpc) is 2.52. The van der Waals surface area contributed by atoms with Crippen molar-refractivity contribution < 1.29 is 33.2 Å². The van der Waals surface area contributed by atoms with Gasteiger partial charge in [0, 0.05) is 0 Å². The van der Waals surface area contributed by atoms with E-state index in [9.17, 15) is 19.7 Å². The summed E-state index contributed by atoms with van der Waals surface area (Å²) in [4.78, 5) is 11.7. The number of hydrogen-bond acceptors (Lipinski definition) is 6. The number of phenols is 2. The van der Waals surface area contributed by atoms with Gasteiger partial charge in [-0.2, -0.15) is 0 Å². The Kier molecular flexibility index (Phi) is 8.89. The second-order valence-electron chi connectivity index (χ2n) is 6.78. The monoisotopic (exact) mass is 375 g/mol. The lowest BCUT2D eigenvalue weighted by molar-refractivity contribution is -0.890. The standard InChI is InChI=1S/C17H30NO6P/c1-4-5-10-18(2,3)11-13-24-25(21,22)23-12-6-7-15-8-9-16(19)17(20)14-15/h8-9,14H,4-7,10-13H2,1-3H3,(H2-,19,20,21,22). The largest absolute Gasteiger partial charge is 0.756 e. The van der Waals surface area contributed by atoms with E-state index in [2.05, 4.69) is 6.92 Å². The molecule has 8 heteroatoms. The number of phosphoric acid groups is 1. The van der Waals surface area contributed by atoms with Crippen LogP contribution in [0.25, 0.3) is 0 Å². The third-order valence-electron chi connectivity index (χ3n) is 3.96. The maximum Gasteiger partial charge on any atom is 0.268 e. The van der Waals surface area contributed by atoms with Gasteiger partial charge in [-0.15, -0.1) is 0 Å². The fourth-order valence-electron chi connectivity index (χ4n) is 2.31. The lowest BCUT2D eigenvalue weighted by Gasteiger charge is -2.31. The quantitative estimate of drug-likeness (QED) is 0.252. The zero-order valence-electron chi connectivity index (χ0n) is 15.3. The van der Waals surface area contributed by atoms with Gasteiger partial charge in [0.05, 0.1) is 27.2 Å². The highest BCUT2D eigenvalue weighted by atomic mass is 31.2. The zero-order valence-corrected chi connectivity index (χ0v) is 16.2. The number of likely N-dealkylation sites (N-methyl/N-ethyl adjacent to an activating group) is 1. The first-order valence-corrected chi connectivity index (χ1v) is 10.0. The van der Waals surface area contributed by atoms with Gasteiger partial charge in [0.1, 0.15) is 13.2 Å². The molecule has 1 rings (SSSR count). The molecular weight excluding hydrogens is 345 g/mol. The Bertz CT molecular complexity index is 578. The molecule has 0 aliphatic heterocycles. The normalized spacial score (nSPS) is 14.4. The third-order valence-corrected chi connectivity index (χ3v) is 4.96. The van der Waals surface area contributed by atoms with Gasteiger partial charge in [-0.05, 0) is 37.0 Å². The summed E-state index contributed by atoms with van der Waals surface area (Å²) in [7, 11) is -0.204. The lowest BCUT2D eigenvalue weighted by Crippen LogP contribution is -2.43. The van der Waals surface area contributed by atoms with Crippen LogP contribution in [0, 0.1) is 0 Å². The van der Waals surface area contributed by atoms with E-state index in [-0.39, 0.29) is 24.7 Å². The number of quaternary nitrogens is 1. The molecule has 0 saturated carbocycles. The fourth-order valence-corrected chi connectivity index (χ4v) is 3.04. The lowest BCUT2D eigenvalue weighted by atomic mass is 10.1. The van der Waals surface area contributed by atoms with Crippen molar-refractivity contribution in [1.82, 2.24) is 0 Å². The molecule has 0 radical (unpaired) electrons. The highest BCUT2D eigenvalue weighted by Gasteiger charge is 2.16. The van der Waals surface area contributed by atoms with Gasteiger partial charge in [-0.1, -0.05) is 19.4 Å². The van der Waals surface area contributed by atoms with Gasteiger partial charge in [-0.3, -0.25) is 4.57 Å². The molecule has 0 aliphatic carbocycles. The Hall–Kier alpha value is -1.11. The molecule has 0 amide bonds. The highest BCUT2D eigenvalue weighted by Crippen LogP contribution is 2.38. The van der Waals surface area contributed by atoms with Crippen molar-refractivity contribution in [1.29, 1.82) is 0 Å². The zero-order chi connectivity index (χ0) is 18.9. The van der Waals surface area contributed by atoms with Crippen LogP contribution < -0.4 is 4.89 Å². The Labute approximate surface area is 150 Å². The molecule has 1 aromatic carbocycles. The van der Waals surface area contributed by atoms with E-state index in [1.807, 2.05) is 14.1 Å². The highest BCUT2D eigenvalue weighted by molar-refractivity contribution is 7.45. The van der Waals surface area contributed by atoms with Gasteiger partial charge >= 0.3 is 0 Å². The topological polar surface area (TPSA) is 99.1 Å². The minimum atomic E-state index is -4.29. The summed E-state index contributed by atoms with van der Waals surface area (Å²) < 4.78 is 22.2. The summed E-state index contributed by atoms with van der Waals surface area (Å²) in [5.74, 6) is -0.377. The van der Waals surface area contributed by atoms with Crippen LogP contribution in [-0.2, 0) is 20.0 Å². The van der Waals surface area contributed by atoms with E-state index in [1.165, 1.54) is 12.1 Å². The Balaban J connectivity index is 2.26. The summed E-state index contributed by atoms with van der Waals surface area (Å²) in [5, 5.41) is 18.6. The molecule has 1 atom stereocenters. The molecule has 0 spiro atoms. The van der Waals surface area contributed by atoms with Crippen LogP contribution in [0.4, 0.5) is 0 Å². The first kappa shape index (κ1) is 21.9. The van der Waals surface area contributed by atoms with Crippen LogP contribution >= 0.6 is 7.82 Å². The van der Waals surface area contributed by atoms with Crippen molar-refractivity contribution in [3.63, 3.8) is 0 Å². The first-order valence-electron chi connectivity index (χ1n) is 8.58. The summed E-state index contributed by atoms with van der Waals surface area (Å²) >= 11 is 0. The van der Waals surface area contributed by atoms with Crippen LogP contribution in [0.15, 0.2) is 18.2 Å². The van der Waals surface area contributed by atoms with E-state index in [1.54, 1.807) is 6.07 Å². The van der Waals surface area contributed by atoms with E-state index >= 15 is 0 Å². The number of aryl methyl sites for hydroxylation is 1. The summed E-state index contributed by atoms with van der Waals surface area (Å²) in [6, 6.07) is 4.50. The maximum absolute atomic E-state index is 11.7. The van der Waals surface area contributed by atoms with E-state index in [4.69, 9.17) is 9.05 Å². The second kappa shape index (κ2) is 10.1. The maximum atomic E-state index is 11.7. The van der Waals surface area contributed by atoms with Gasteiger partial charge in [-0.25, -0.2) is 0 Å². The van der Waals surface area contributed by atoms with Crippen molar-refractivity contribution in [2.45, 2.75) is 32.6 Å². The van der Waals surface area contributed by atoms with Crippen LogP contribution in [0.1, 0.15) is 31.7 Å². The van der Waals surface area contributed by atoms with Crippen molar-refractivity contribution in [3.8, 4) is 11.5 Å². The minimum Gasteiger partial charge on any atom is -0.756 e. The van der Waals surface area contributed by atoms with Crippen molar-refractivity contribution in [2.75, 3.05) is 40.4 Å². The molecule has 0 heterocycles. The van der Waals surface area contributed by atoms with E-state index in [0.29, 0.717) is 23.9 Å². The van der Waals surface area contributed by atoms with E-state index in [0.717, 1.165) is 24.9 Å². The molecular formula is C17H30NO6P. The fraction of sp³-hybridized carbons (Fsp3) is 0.647. The van der Waals surface area contributed by atoms with Crippen LogP contribution in [-0.4, -0.2) is 55.1 Å². The summed E-state index contributed by atoms with van der Waals surface area (Å²) in [6.07, 6.45) is 3.17. The summed E-state index contributed by atoms with van der Waals surface area (Å²) in [6.45, 7) is 3.81. The molecule has 144 valence electrons. The summed E-state index contributed by atoms with van der Waals surface area (Å²) in [5.41, 5.74) is 0.788. The van der Waals surface area contributed by atoms with Crippen molar-refractivity contribution in [3.05, 3.63) is 23.8 Å². The molecule has 0 bridgehead atoms. The van der Waals surface area contributed by atoms with Gasteiger partial charge < -0.3 is 28.6 Å². The predicted octanol–water partition coefficient (Wildman–Crippen LogP) is 2.41. The van der Waals surface area contributed by atoms with Crippen LogP contribution in [0.2, 0.25) is 0 Å². The molecule has 0 saturated heterocycles. The van der Waals surface area contributed by atoms with Crippen molar-refractivity contribution >= 4 is 7.82 Å². The van der Waals surface area contributed by atoms with Crippen molar-refractivity contribution in [2.24, 2.45) is 0 Å². The average molecular weight is 375 g/mol. The number of rotatable bonds is 12. The number of nitrogens with zero attached hydrogens (tertiary/aromatic N) is 1. The molecule has 0 fully saturated rings. The van der Waals surface area contributed by atoms with Gasteiger partial charge in [0.25, 0.3) is 7.82 Å². The molecule has 0 aromatic heterocycles. The minimum absolute atomic E-state index is 0.0104. The number of phosphoric ester groups is 1. The van der Waals surface area contributed by atoms with Crippen LogP contribution in [0.5, 0.6) is 11.5 Å². The predicted molar refractivity (Wildman–Crippen MR) is 94.4 cm³/mol. The number of hydrogen-bond donors (Lipinski definition) is 2. The SMILES string of the molecule is CCCC[N+](C)(C)CCOP(=O)([O-])OCCCc1ccc(O)c(O)c1.